The van der Waals surface area contributed by atoms with Crippen molar-refractivity contribution in [2.45, 2.75) is 38.3 Å². The van der Waals surface area contributed by atoms with Crippen LogP contribution in [-0.4, -0.2) is 31.7 Å². The quantitative estimate of drug-likeness (QED) is 0.745. The number of nitrogens with one attached hydrogen (secondary N) is 2. The average Bonchev–Trinajstić information content (AvgIpc) is 3.29. The highest BCUT2D eigenvalue weighted by Gasteiger charge is 2.17. The molecule has 7 nitrogen and oxygen atoms in total. The lowest BCUT2D eigenvalue weighted by atomic mass is 10.2. The molecule has 0 atom stereocenters. The molecule has 0 bridgehead atoms. The fourth-order valence-corrected chi connectivity index (χ4v) is 3.76. The molecule has 0 aliphatic heterocycles. The zero-order valence-electron chi connectivity index (χ0n) is 13.1. The van der Waals surface area contributed by atoms with Crippen LogP contribution in [0, 0.1) is 0 Å². The van der Waals surface area contributed by atoms with Crippen LogP contribution in [0.2, 0.25) is 0 Å². The Bertz CT molecular complexity index is 851. The molecule has 0 unspecified atom stereocenters. The van der Waals surface area contributed by atoms with Gasteiger partial charge in [-0.1, -0.05) is 12.8 Å². The molecule has 2 N–H and O–H groups in total. The van der Waals surface area contributed by atoms with E-state index in [1.165, 1.54) is 12.8 Å². The van der Waals surface area contributed by atoms with Gasteiger partial charge in [-0.3, -0.25) is 9.48 Å². The van der Waals surface area contributed by atoms with Crippen molar-refractivity contribution < 1.29 is 4.79 Å². The van der Waals surface area contributed by atoms with Crippen molar-refractivity contribution in [2.24, 2.45) is 0 Å². The normalized spacial score (nSPS) is 15.0. The van der Waals surface area contributed by atoms with E-state index in [4.69, 9.17) is 0 Å². The fraction of sp³-hybridized carbons (Fsp3) is 0.375. The summed E-state index contributed by atoms with van der Waals surface area (Å²) in [4.78, 5) is 21.5. The van der Waals surface area contributed by atoms with Crippen LogP contribution in [0.4, 0.5) is 11.5 Å². The number of hydrogen-bond donors (Lipinski definition) is 2. The highest BCUT2D eigenvalue weighted by atomic mass is 32.1. The van der Waals surface area contributed by atoms with Gasteiger partial charge in [0, 0.05) is 12.2 Å². The summed E-state index contributed by atoms with van der Waals surface area (Å²) in [6.45, 7) is 0.232. The first-order valence-corrected chi connectivity index (χ1v) is 8.93. The minimum absolute atomic E-state index is 0.0128. The molecular formula is C16H18N6OS. The van der Waals surface area contributed by atoms with Crippen LogP contribution in [0.5, 0.6) is 0 Å². The monoisotopic (exact) mass is 342 g/mol. The van der Waals surface area contributed by atoms with Gasteiger partial charge in [0.15, 0.2) is 0 Å². The third kappa shape index (κ3) is 3.23. The summed E-state index contributed by atoms with van der Waals surface area (Å²) in [5.74, 6) is 0.759. The van der Waals surface area contributed by atoms with Gasteiger partial charge in [0.25, 0.3) is 0 Å². The topological polar surface area (TPSA) is 84.7 Å². The van der Waals surface area contributed by atoms with Crippen molar-refractivity contribution in [1.29, 1.82) is 0 Å². The van der Waals surface area contributed by atoms with Gasteiger partial charge in [-0.15, -0.1) is 11.3 Å². The van der Waals surface area contributed by atoms with Crippen LogP contribution >= 0.6 is 11.3 Å². The lowest BCUT2D eigenvalue weighted by Gasteiger charge is -2.11. The molecule has 8 heteroatoms. The van der Waals surface area contributed by atoms with Gasteiger partial charge in [-0.25, -0.2) is 9.97 Å². The van der Waals surface area contributed by atoms with Crippen LogP contribution in [0.3, 0.4) is 0 Å². The Hall–Kier alpha value is -2.48. The van der Waals surface area contributed by atoms with Crippen molar-refractivity contribution in [1.82, 2.24) is 25.1 Å². The van der Waals surface area contributed by atoms with Gasteiger partial charge < -0.3 is 10.6 Å². The molecule has 3 heterocycles. The van der Waals surface area contributed by atoms with Crippen molar-refractivity contribution in [3.8, 4) is 0 Å². The standard InChI is InChI=1S/C16H18N6OS/c23-14(20-11-3-1-2-4-11)9-22-8-12(7-19-22)21-15-13-5-6-24-16(13)18-10-17-15/h5-8,10-11H,1-4,9H2,(H,20,23)(H,17,18,21). The maximum Gasteiger partial charge on any atom is 0.241 e. The summed E-state index contributed by atoms with van der Waals surface area (Å²) in [5, 5.41) is 13.5. The van der Waals surface area contributed by atoms with E-state index in [1.54, 1.807) is 28.5 Å². The van der Waals surface area contributed by atoms with Crippen LogP contribution in [-0.2, 0) is 11.3 Å². The second-order valence-electron chi connectivity index (χ2n) is 5.96. The molecule has 124 valence electrons. The molecule has 1 aliphatic rings. The van der Waals surface area contributed by atoms with E-state index in [1.807, 2.05) is 17.6 Å². The zero-order valence-corrected chi connectivity index (χ0v) is 13.9. The Morgan fingerprint density at radius 2 is 2.21 bits per heavy atom. The predicted octanol–water partition coefficient (Wildman–Crippen LogP) is 2.69. The first-order valence-electron chi connectivity index (χ1n) is 8.05. The molecule has 24 heavy (non-hydrogen) atoms. The Kier molecular flexibility index (Phi) is 4.12. The molecule has 1 fully saturated rings. The van der Waals surface area contributed by atoms with Gasteiger partial charge >= 0.3 is 0 Å². The third-order valence-corrected chi connectivity index (χ3v) is 5.00. The van der Waals surface area contributed by atoms with E-state index in [0.717, 1.165) is 34.6 Å². The van der Waals surface area contributed by atoms with Gasteiger partial charge in [-0.05, 0) is 24.3 Å². The van der Waals surface area contributed by atoms with Crippen molar-refractivity contribution in [3.05, 3.63) is 30.2 Å². The summed E-state index contributed by atoms with van der Waals surface area (Å²) in [7, 11) is 0. The lowest BCUT2D eigenvalue weighted by Crippen LogP contribution is -2.35. The average molecular weight is 342 g/mol. The molecule has 4 rings (SSSR count). The number of rotatable bonds is 5. The van der Waals surface area contributed by atoms with E-state index in [0.29, 0.717) is 6.04 Å². The van der Waals surface area contributed by atoms with Gasteiger partial charge in [0.1, 0.15) is 23.5 Å². The summed E-state index contributed by atoms with van der Waals surface area (Å²) >= 11 is 1.58. The molecule has 1 aliphatic carbocycles. The number of amides is 1. The summed E-state index contributed by atoms with van der Waals surface area (Å²) in [6, 6.07) is 2.32. The number of nitrogens with zero attached hydrogens (tertiary/aromatic N) is 4. The van der Waals surface area contributed by atoms with Crippen LogP contribution in [0.15, 0.2) is 30.2 Å². The molecule has 3 aromatic heterocycles. The first kappa shape index (κ1) is 15.1. The van der Waals surface area contributed by atoms with Crippen molar-refractivity contribution in [2.75, 3.05) is 5.32 Å². The molecule has 0 radical (unpaired) electrons. The van der Waals surface area contributed by atoms with Crippen LogP contribution in [0.1, 0.15) is 25.7 Å². The van der Waals surface area contributed by atoms with Crippen molar-refractivity contribution in [3.63, 3.8) is 0 Å². The Morgan fingerprint density at radius 3 is 3.08 bits per heavy atom. The van der Waals surface area contributed by atoms with E-state index in [2.05, 4.69) is 25.7 Å². The van der Waals surface area contributed by atoms with Crippen molar-refractivity contribution >= 4 is 39.0 Å². The maximum atomic E-state index is 12.1. The van der Waals surface area contributed by atoms with E-state index in [-0.39, 0.29) is 12.5 Å². The largest absolute Gasteiger partial charge is 0.352 e. The van der Waals surface area contributed by atoms with Gasteiger partial charge in [-0.2, -0.15) is 5.10 Å². The number of carbonyl (C=O) groups is 1. The lowest BCUT2D eigenvalue weighted by molar-refractivity contribution is -0.122. The SMILES string of the molecule is O=C(Cn1cc(Nc2ncnc3sccc23)cn1)NC1CCCC1. The highest BCUT2D eigenvalue weighted by molar-refractivity contribution is 7.16. The number of hydrogen-bond acceptors (Lipinski definition) is 6. The number of aromatic nitrogens is 4. The van der Waals surface area contributed by atoms with Crippen LogP contribution in [0.25, 0.3) is 10.2 Å². The second kappa shape index (κ2) is 6.56. The van der Waals surface area contributed by atoms with Crippen LogP contribution < -0.4 is 10.6 Å². The fourth-order valence-electron chi connectivity index (χ4n) is 3.03. The number of fused-ring (bicyclic) bond motifs is 1. The highest BCUT2D eigenvalue weighted by Crippen LogP contribution is 2.26. The van der Waals surface area contributed by atoms with Gasteiger partial charge in [0.05, 0.1) is 17.3 Å². The Balaban J connectivity index is 1.41. The number of anilines is 2. The molecule has 0 spiro atoms. The molecule has 1 amide bonds. The molecule has 1 saturated carbocycles. The molecule has 0 saturated heterocycles. The molecule has 0 aromatic carbocycles. The number of thiophene rings is 1. The summed E-state index contributed by atoms with van der Waals surface area (Å²) in [6.07, 6.45) is 9.63. The Morgan fingerprint density at radius 1 is 1.33 bits per heavy atom. The van der Waals surface area contributed by atoms with E-state index >= 15 is 0 Å². The number of carbonyl (C=O) groups excluding carboxylic acids is 1. The predicted molar refractivity (Wildman–Crippen MR) is 93.3 cm³/mol. The first-order chi connectivity index (χ1) is 11.8. The summed E-state index contributed by atoms with van der Waals surface area (Å²) < 4.78 is 1.64. The third-order valence-electron chi connectivity index (χ3n) is 4.18. The minimum atomic E-state index is 0.0128. The van der Waals surface area contributed by atoms with E-state index in [9.17, 15) is 4.79 Å². The Labute approximate surface area is 143 Å². The second-order valence-corrected chi connectivity index (χ2v) is 6.86. The zero-order chi connectivity index (χ0) is 16.4. The van der Waals surface area contributed by atoms with E-state index < -0.39 is 0 Å². The smallest absolute Gasteiger partial charge is 0.241 e. The van der Waals surface area contributed by atoms with Gasteiger partial charge in [0.2, 0.25) is 5.91 Å². The molecule has 3 aromatic rings. The summed E-state index contributed by atoms with van der Waals surface area (Å²) in [5.41, 5.74) is 0.801. The molecular weight excluding hydrogens is 324 g/mol. The maximum absolute atomic E-state index is 12.1. The minimum Gasteiger partial charge on any atom is -0.352 e.